The molecule has 0 atom stereocenters. The molecule has 88 valence electrons. The molecule has 16 heavy (non-hydrogen) atoms. The van der Waals surface area contributed by atoms with Gasteiger partial charge in [0.15, 0.2) is 11.6 Å². The van der Waals surface area contributed by atoms with Gasteiger partial charge in [0.05, 0.1) is 0 Å². The highest BCUT2D eigenvalue weighted by Crippen LogP contribution is 2.27. The van der Waals surface area contributed by atoms with E-state index in [9.17, 15) is 4.79 Å². The van der Waals surface area contributed by atoms with Crippen molar-refractivity contribution < 1.29 is 14.3 Å². The van der Waals surface area contributed by atoms with E-state index >= 15 is 0 Å². The van der Waals surface area contributed by atoms with Gasteiger partial charge in [-0.1, -0.05) is 19.3 Å². The van der Waals surface area contributed by atoms with Gasteiger partial charge in [0.25, 0.3) is 0 Å². The normalized spacial score (nSPS) is 17.6. The summed E-state index contributed by atoms with van der Waals surface area (Å²) in [4.78, 5) is 14.8. The molecule has 0 aromatic carbocycles. The van der Waals surface area contributed by atoms with Crippen molar-refractivity contribution >= 4 is 5.97 Å². The summed E-state index contributed by atoms with van der Waals surface area (Å²) < 4.78 is 5.39. The number of oxazole rings is 1. The number of carboxylic acid groups (broad SMARTS) is 1. The first-order chi connectivity index (χ1) is 7.66. The number of aromatic nitrogens is 1. The second-order valence-electron chi connectivity index (χ2n) is 4.53. The Bertz CT molecular complexity index is 378. The molecule has 1 saturated carbocycles. The molecule has 0 unspecified atom stereocenters. The average molecular weight is 223 g/mol. The molecule has 1 aliphatic rings. The van der Waals surface area contributed by atoms with Crippen LogP contribution >= 0.6 is 0 Å². The minimum atomic E-state index is -1.00. The first-order valence-corrected chi connectivity index (χ1v) is 5.86. The van der Waals surface area contributed by atoms with Crippen LogP contribution in [-0.2, 0) is 6.42 Å². The molecule has 4 heteroatoms. The summed E-state index contributed by atoms with van der Waals surface area (Å²) >= 11 is 0. The molecule has 1 fully saturated rings. The molecule has 4 nitrogen and oxygen atoms in total. The average Bonchev–Trinajstić information content (AvgIpc) is 2.61. The van der Waals surface area contributed by atoms with Crippen molar-refractivity contribution in [2.45, 2.75) is 45.4 Å². The van der Waals surface area contributed by atoms with Gasteiger partial charge < -0.3 is 9.52 Å². The standard InChI is InChI=1S/C12H17NO3/c1-8-11(12(14)15)13-10(16-8)7-9-5-3-2-4-6-9/h9H,2-7H2,1H3,(H,14,15). The Morgan fingerprint density at radius 2 is 2.12 bits per heavy atom. The summed E-state index contributed by atoms with van der Waals surface area (Å²) in [7, 11) is 0. The van der Waals surface area contributed by atoms with Gasteiger partial charge in [-0.25, -0.2) is 9.78 Å². The molecule has 0 radical (unpaired) electrons. The molecule has 1 heterocycles. The van der Waals surface area contributed by atoms with Crippen LogP contribution in [0.2, 0.25) is 0 Å². The third kappa shape index (κ3) is 2.43. The predicted molar refractivity (Wildman–Crippen MR) is 58.5 cm³/mol. The highest BCUT2D eigenvalue weighted by atomic mass is 16.4. The van der Waals surface area contributed by atoms with Gasteiger partial charge in [-0.15, -0.1) is 0 Å². The number of aromatic carboxylic acids is 1. The molecular formula is C12H17NO3. The van der Waals surface area contributed by atoms with Crippen LogP contribution in [-0.4, -0.2) is 16.1 Å². The van der Waals surface area contributed by atoms with Crippen LogP contribution in [0.25, 0.3) is 0 Å². The molecular weight excluding hydrogens is 206 g/mol. The topological polar surface area (TPSA) is 63.3 Å². The lowest BCUT2D eigenvalue weighted by Gasteiger charge is -2.19. The lowest BCUT2D eigenvalue weighted by Crippen LogP contribution is -2.09. The maximum atomic E-state index is 10.8. The van der Waals surface area contributed by atoms with E-state index < -0.39 is 5.97 Å². The van der Waals surface area contributed by atoms with Crippen molar-refractivity contribution in [1.29, 1.82) is 0 Å². The molecule has 1 N–H and O–H groups in total. The number of aryl methyl sites for hydroxylation is 1. The molecule has 0 spiro atoms. The molecule has 0 bridgehead atoms. The first kappa shape index (κ1) is 11.2. The minimum absolute atomic E-state index is 0.0609. The van der Waals surface area contributed by atoms with Crippen LogP contribution in [0.4, 0.5) is 0 Å². The fourth-order valence-corrected chi connectivity index (χ4v) is 2.38. The highest BCUT2D eigenvalue weighted by molar-refractivity contribution is 5.86. The molecule has 0 aliphatic heterocycles. The predicted octanol–water partition coefficient (Wildman–Crippen LogP) is 2.80. The first-order valence-electron chi connectivity index (χ1n) is 5.86. The van der Waals surface area contributed by atoms with Gasteiger partial charge in [-0.2, -0.15) is 0 Å². The van der Waals surface area contributed by atoms with Crippen LogP contribution in [0.1, 0.15) is 54.2 Å². The van der Waals surface area contributed by atoms with E-state index in [-0.39, 0.29) is 5.69 Å². The maximum absolute atomic E-state index is 10.8. The quantitative estimate of drug-likeness (QED) is 0.855. The second-order valence-corrected chi connectivity index (χ2v) is 4.53. The van der Waals surface area contributed by atoms with Crippen LogP contribution in [0.3, 0.4) is 0 Å². The molecule has 1 aliphatic carbocycles. The van der Waals surface area contributed by atoms with E-state index in [0.717, 1.165) is 6.42 Å². The Hall–Kier alpha value is -1.32. The van der Waals surface area contributed by atoms with Crippen molar-refractivity contribution in [3.8, 4) is 0 Å². The Kier molecular flexibility index (Phi) is 3.27. The minimum Gasteiger partial charge on any atom is -0.476 e. The zero-order valence-corrected chi connectivity index (χ0v) is 9.53. The summed E-state index contributed by atoms with van der Waals surface area (Å²) in [6.45, 7) is 1.65. The Morgan fingerprint density at radius 1 is 1.44 bits per heavy atom. The van der Waals surface area contributed by atoms with E-state index in [1.807, 2.05) is 0 Å². The number of rotatable bonds is 3. The number of carboxylic acids is 1. The van der Waals surface area contributed by atoms with E-state index in [2.05, 4.69) is 4.98 Å². The van der Waals surface area contributed by atoms with E-state index in [1.54, 1.807) is 6.92 Å². The largest absolute Gasteiger partial charge is 0.476 e. The van der Waals surface area contributed by atoms with Crippen molar-refractivity contribution in [3.05, 3.63) is 17.3 Å². The van der Waals surface area contributed by atoms with Gasteiger partial charge in [0.1, 0.15) is 5.76 Å². The lowest BCUT2D eigenvalue weighted by molar-refractivity contribution is 0.0689. The molecule has 2 rings (SSSR count). The summed E-state index contributed by atoms with van der Waals surface area (Å²) in [5.74, 6) is 0.615. The van der Waals surface area contributed by atoms with Gasteiger partial charge in [0.2, 0.25) is 0 Å². The van der Waals surface area contributed by atoms with Crippen molar-refractivity contribution in [2.75, 3.05) is 0 Å². The van der Waals surface area contributed by atoms with Crippen LogP contribution in [0.15, 0.2) is 4.42 Å². The smallest absolute Gasteiger partial charge is 0.358 e. The summed E-state index contributed by atoms with van der Waals surface area (Å²) in [5, 5.41) is 8.86. The maximum Gasteiger partial charge on any atom is 0.358 e. The fourth-order valence-electron chi connectivity index (χ4n) is 2.38. The number of hydrogen-bond donors (Lipinski definition) is 1. The molecule has 0 amide bonds. The van der Waals surface area contributed by atoms with E-state index in [4.69, 9.17) is 9.52 Å². The summed E-state index contributed by atoms with van der Waals surface area (Å²) in [5.41, 5.74) is 0.0609. The Labute approximate surface area is 94.7 Å². The number of nitrogens with zero attached hydrogens (tertiary/aromatic N) is 1. The Balaban J connectivity index is 2.03. The third-order valence-electron chi connectivity index (χ3n) is 3.23. The third-order valence-corrected chi connectivity index (χ3v) is 3.23. The van der Waals surface area contributed by atoms with E-state index in [0.29, 0.717) is 17.6 Å². The summed E-state index contributed by atoms with van der Waals surface area (Å²) in [6.07, 6.45) is 7.08. The van der Waals surface area contributed by atoms with Gasteiger partial charge in [-0.3, -0.25) is 0 Å². The van der Waals surface area contributed by atoms with Crippen molar-refractivity contribution in [2.24, 2.45) is 5.92 Å². The second kappa shape index (κ2) is 4.68. The van der Waals surface area contributed by atoms with Crippen LogP contribution in [0, 0.1) is 12.8 Å². The van der Waals surface area contributed by atoms with E-state index in [1.165, 1.54) is 32.1 Å². The molecule has 1 aromatic heterocycles. The van der Waals surface area contributed by atoms with Crippen molar-refractivity contribution in [1.82, 2.24) is 4.98 Å². The highest BCUT2D eigenvalue weighted by Gasteiger charge is 2.20. The Morgan fingerprint density at radius 3 is 2.69 bits per heavy atom. The molecule has 1 aromatic rings. The molecule has 0 saturated heterocycles. The van der Waals surface area contributed by atoms with Crippen LogP contribution < -0.4 is 0 Å². The zero-order chi connectivity index (χ0) is 11.5. The zero-order valence-electron chi connectivity index (χ0n) is 9.53. The van der Waals surface area contributed by atoms with Crippen LogP contribution in [0.5, 0.6) is 0 Å². The number of hydrogen-bond acceptors (Lipinski definition) is 3. The van der Waals surface area contributed by atoms with Gasteiger partial charge in [-0.05, 0) is 25.7 Å². The fraction of sp³-hybridized carbons (Fsp3) is 0.667. The SMILES string of the molecule is Cc1oc(CC2CCCCC2)nc1C(=O)O. The number of carbonyl (C=O) groups is 1. The lowest BCUT2D eigenvalue weighted by atomic mass is 9.87. The van der Waals surface area contributed by atoms with Crippen molar-refractivity contribution in [3.63, 3.8) is 0 Å². The van der Waals surface area contributed by atoms with Gasteiger partial charge in [0, 0.05) is 6.42 Å². The summed E-state index contributed by atoms with van der Waals surface area (Å²) in [6, 6.07) is 0. The monoisotopic (exact) mass is 223 g/mol. The van der Waals surface area contributed by atoms with Gasteiger partial charge >= 0.3 is 5.97 Å².